The molecule has 0 atom stereocenters. The quantitative estimate of drug-likeness (QED) is 0.781. The van der Waals surface area contributed by atoms with Crippen molar-refractivity contribution in [1.82, 2.24) is 9.88 Å². The van der Waals surface area contributed by atoms with Gasteiger partial charge in [0.25, 0.3) is 0 Å². The molecule has 1 heterocycles. The van der Waals surface area contributed by atoms with E-state index in [0.717, 1.165) is 42.8 Å². The minimum Gasteiger partial charge on any atom is -0.384 e. The van der Waals surface area contributed by atoms with Crippen molar-refractivity contribution in [1.29, 1.82) is 0 Å². The van der Waals surface area contributed by atoms with Gasteiger partial charge in [0.1, 0.15) is 0 Å². The molecule has 0 amide bonds. The number of nitrogens with one attached hydrogen (secondary N) is 1. The van der Waals surface area contributed by atoms with Gasteiger partial charge in [0.05, 0.1) is 11.9 Å². The Balaban J connectivity index is 2.20. The lowest BCUT2D eigenvalue weighted by atomic mass is 10.3. The molecule has 0 aliphatic rings. The van der Waals surface area contributed by atoms with E-state index in [9.17, 15) is 0 Å². The Labute approximate surface area is 106 Å². The van der Waals surface area contributed by atoms with E-state index in [1.807, 2.05) is 12.3 Å². The molecule has 0 unspecified atom stereocenters. The highest BCUT2D eigenvalue weighted by atomic mass is 79.9. The van der Waals surface area contributed by atoms with Gasteiger partial charge in [-0.05, 0) is 48.1 Å². The van der Waals surface area contributed by atoms with Crippen molar-refractivity contribution >= 4 is 21.6 Å². The van der Waals surface area contributed by atoms with Gasteiger partial charge in [0.2, 0.25) is 0 Å². The maximum absolute atomic E-state index is 4.11. The average molecular weight is 286 g/mol. The number of halogens is 1. The van der Waals surface area contributed by atoms with E-state index < -0.39 is 0 Å². The SMILES string of the molecule is CCN(CC)CCCNc1cncc(Br)c1. The molecule has 0 fully saturated rings. The second-order valence-corrected chi connectivity index (χ2v) is 4.61. The summed E-state index contributed by atoms with van der Waals surface area (Å²) in [7, 11) is 0. The van der Waals surface area contributed by atoms with E-state index in [1.54, 1.807) is 6.20 Å². The van der Waals surface area contributed by atoms with Gasteiger partial charge in [-0.1, -0.05) is 13.8 Å². The van der Waals surface area contributed by atoms with Gasteiger partial charge in [-0.25, -0.2) is 0 Å². The van der Waals surface area contributed by atoms with Gasteiger partial charge in [-0.2, -0.15) is 0 Å². The Morgan fingerprint density at radius 1 is 1.31 bits per heavy atom. The van der Waals surface area contributed by atoms with E-state index in [0.29, 0.717) is 0 Å². The minimum absolute atomic E-state index is 0.995. The van der Waals surface area contributed by atoms with Gasteiger partial charge in [-0.3, -0.25) is 4.98 Å². The largest absolute Gasteiger partial charge is 0.384 e. The Kier molecular flexibility index (Phi) is 6.42. The van der Waals surface area contributed by atoms with Crippen LogP contribution in [-0.4, -0.2) is 36.1 Å². The third kappa shape index (κ3) is 4.94. The van der Waals surface area contributed by atoms with Gasteiger partial charge in [0, 0.05) is 17.2 Å². The molecular weight excluding hydrogens is 266 g/mol. The number of hydrogen-bond acceptors (Lipinski definition) is 3. The number of pyridine rings is 1. The first kappa shape index (κ1) is 13.5. The molecule has 0 aliphatic carbocycles. The summed E-state index contributed by atoms with van der Waals surface area (Å²) in [5.74, 6) is 0. The maximum atomic E-state index is 4.11. The molecule has 0 aliphatic heterocycles. The summed E-state index contributed by atoms with van der Waals surface area (Å²) >= 11 is 3.41. The number of hydrogen-bond donors (Lipinski definition) is 1. The summed E-state index contributed by atoms with van der Waals surface area (Å²) in [6.07, 6.45) is 4.80. The zero-order valence-corrected chi connectivity index (χ0v) is 11.6. The highest BCUT2D eigenvalue weighted by Gasteiger charge is 1.98. The van der Waals surface area contributed by atoms with E-state index in [2.05, 4.69) is 45.0 Å². The van der Waals surface area contributed by atoms with Crippen LogP contribution in [0, 0.1) is 0 Å². The number of nitrogens with zero attached hydrogens (tertiary/aromatic N) is 2. The van der Waals surface area contributed by atoms with Gasteiger partial charge in [-0.15, -0.1) is 0 Å². The van der Waals surface area contributed by atoms with Crippen LogP contribution in [-0.2, 0) is 0 Å². The molecule has 0 radical (unpaired) electrons. The van der Waals surface area contributed by atoms with E-state index in [1.165, 1.54) is 0 Å². The summed E-state index contributed by atoms with van der Waals surface area (Å²) in [4.78, 5) is 6.54. The van der Waals surface area contributed by atoms with Crippen molar-refractivity contribution in [3.05, 3.63) is 22.9 Å². The van der Waals surface area contributed by atoms with Crippen molar-refractivity contribution in [2.75, 3.05) is 31.5 Å². The summed E-state index contributed by atoms with van der Waals surface area (Å²) in [5, 5.41) is 3.37. The summed E-state index contributed by atoms with van der Waals surface area (Å²) in [6.45, 7) is 8.82. The maximum Gasteiger partial charge on any atom is 0.0538 e. The molecule has 1 rings (SSSR count). The first-order valence-electron chi connectivity index (χ1n) is 5.83. The molecule has 1 N–H and O–H groups in total. The molecule has 16 heavy (non-hydrogen) atoms. The zero-order valence-electron chi connectivity index (χ0n) is 10.0. The van der Waals surface area contributed by atoms with E-state index >= 15 is 0 Å². The van der Waals surface area contributed by atoms with E-state index in [4.69, 9.17) is 0 Å². The van der Waals surface area contributed by atoms with Crippen LogP contribution in [0.4, 0.5) is 5.69 Å². The molecule has 0 bridgehead atoms. The van der Waals surface area contributed by atoms with Gasteiger partial charge >= 0.3 is 0 Å². The lowest BCUT2D eigenvalue weighted by molar-refractivity contribution is 0.303. The summed E-state index contributed by atoms with van der Waals surface area (Å²) in [6, 6.07) is 2.05. The predicted octanol–water partition coefficient (Wildman–Crippen LogP) is 2.99. The van der Waals surface area contributed by atoms with Crippen molar-refractivity contribution in [3.8, 4) is 0 Å². The topological polar surface area (TPSA) is 28.2 Å². The minimum atomic E-state index is 0.995. The number of anilines is 1. The molecule has 0 saturated heterocycles. The van der Waals surface area contributed by atoms with Crippen molar-refractivity contribution in [2.24, 2.45) is 0 Å². The first-order chi connectivity index (χ1) is 7.76. The fraction of sp³-hybridized carbons (Fsp3) is 0.583. The molecule has 3 nitrogen and oxygen atoms in total. The fourth-order valence-corrected chi connectivity index (χ4v) is 1.95. The third-order valence-corrected chi connectivity index (χ3v) is 3.01. The fourth-order valence-electron chi connectivity index (χ4n) is 1.58. The molecule has 1 aromatic rings. The van der Waals surface area contributed by atoms with E-state index in [-0.39, 0.29) is 0 Å². The Morgan fingerprint density at radius 2 is 2.06 bits per heavy atom. The standard InChI is InChI=1S/C12H20BrN3/c1-3-16(4-2)7-5-6-15-12-8-11(13)9-14-10-12/h8-10,15H,3-7H2,1-2H3. The van der Waals surface area contributed by atoms with Crippen LogP contribution >= 0.6 is 15.9 Å². The summed E-state index contributed by atoms with van der Waals surface area (Å²) in [5.41, 5.74) is 1.08. The van der Waals surface area contributed by atoms with Crippen LogP contribution in [0.5, 0.6) is 0 Å². The second-order valence-electron chi connectivity index (χ2n) is 3.70. The normalized spacial score (nSPS) is 10.8. The van der Waals surface area contributed by atoms with Crippen molar-refractivity contribution < 1.29 is 0 Å². The summed E-state index contributed by atoms with van der Waals surface area (Å²) < 4.78 is 1.02. The predicted molar refractivity (Wildman–Crippen MR) is 72.8 cm³/mol. The lowest BCUT2D eigenvalue weighted by Crippen LogP contribution is -2.25. The highest BCUT2D eigenvalue weighted by Crippen LogP contribution is 2.13. The molecular formula is C12H20BrN3. The number of rotatable bonds is 7. The van der Waals surface area contributed by atoms with Crippen LogP contribution in [0.25, 0.3) is 0 Å². The average Bonchev–Trinajstić information content (AvgIpc) is 2.29. The Bertz CT molecular complexity index is 300. The van der Waals surface area contributed by atoms with Crippen LogP contribution in [0.15, 0.2) is 22.9 Å². The molecule has 1 aromatic heterocycles. The van der Waals surface area contributed by atoms with Crippen LogP contribution in [0.1, 0.15) is 20.3 Å². The first-order valence-corrected chi connectivity index (χ1v) is 6.62. The lowest BCUT2D eigenvalue weighted by Gasteiger charge is -2.17. The smallest absolute Gasteiger partial charge is 0.0538 e. The van der Waals surface area contributed by atoms with Crippen LogP contribution in [0.2, 0.25) is 0 Å². The molecule has 4 heteroatoms. The molecule has 0 aromatic carbocycles. The van der Waals surface area contributed by atoms with Gasteiger partial charge in [0.15, 0.2) is 0 Å². The molecule has 0 saturated carbocycles. The highest BCUT2D eigenvalue weighted by molar-refractivity contribution is 9.10. The number of aromatic nitrogens is 1. The van der Waals surface area contributed by atoms with Gasteiger partial charge < -0.3 is 10.2 Å². The molecule has 0 spiro atoms. The van der Waals surface area contributed by atoms with Crippen molar-refractivity contribution in [3.63, 3.8) is 0 Å². The Morgan fingerprint density at radius 3 is 2.69 bits per heavy atom. The van der Waals surface area contributed by atoms with Crippen LogP contribution in [0.3, 0.4) is 0 Å². The zero-order chi connectivity index (χ0) is 11.8. The monoisotopic (exact) mass is 285 g/mol. The Hall–Kier alpha value is -0.610. The van der Waals surface area contributed by atoms with Crippen LogP contribution < -0.4 is 5.32 Å². The second kappa shape index (κ2) is 7.63. The molecule has 90 valence electrons. The third-order valence-electron chi connectivity index (χ3n) is 2.58. The van der Waals surface area contributed by atoms with Crippen molar-refractivity contribution in [2.45, 2.75) is 20.3 Å².